The SMILES string of the molecule is Clc1ccc(C=CCN2CCC3(CC2)CNc2ccc(Cl)cc23)cc1. The van der Waals surface area contributed by atoms with Crippen molar-refractivity contribution in [1.82, 2.24) is 4.90 Å². The standard InChI is InChI=1S/C21H22Cl2N2/c22-17-5-3-16(4-6-17)2-1-11-25-12-9-21(10-13-25)15-24-20-8-7-18(23)14-19(20)21/h1-8,14,24H,9-13,15H2. The zero-order valence-electron chi connectivity index (χ0n) is 14.1. The van der Waals surface area contributed by atoms with Crippen LogP contribution in [0.15, 0.2) is 48.5 Å². The number of anilines is 1. The molecule has 1 spiro atoms. The maximum atomic E-state index is 6.24. The molecule has 2 aliphatic rings. The molecule has 2 aliphatic heterocycles. The summed E-state index contributed by atoms with van der Waals surface area (Å²) >= 11 is 12.2. The Morgan fingerprint density at radius 2 is 1.72 bits per heavy atom. The summed E-state index contributed by atoms with van der Waals surface area (Å²) in [6.07, 6.45) is 6.79. The lowest BCUT2D eigenvalue weighted by atomic mass is 9.74. The Morgan fingerprint density at radius 3 is 2.48 bits per heavy atom. The summed E-state index contributed by atoms with van der Waals surface area (Å²) in [5.41, 5.74) is 4.13. The van der Waals surface area contributed by atoms with E-state index in [1.165, 1.54) is 29.7 Å². The first-order valence-corrected chi connectivity index (χ1v) is 9.59. The molecule has 1 saturated heterocycles. The van der Waals surface area contributed by atoms with Crippen LogP contribution in [0.4, 0.5) is 5.69 Å². The van der Waals surface area contributed by atoms with E-state index in [4.69, 9.17) is 23.2 Å². The fourth-order valence-corrected chi connectivity index (χ4v) is 4.29. The second-order valence-corrected chi connectivity index (χ2v) is 7.95. The molecule has 2 heterocycles. The lowest BCUT2D eigenvalue weighted by molar-refractivity contribution is 0.184. The minimum atomic E-state index is 0.261. The molecule has 0 aromatic heterocycles. The fourth-order valence-electron chi connectivity index (χ4n) is 3.99. The van der Waals surface area contributed by atoms with Crippen molar-refractivity contribution >= 4 is 35.0 Å². The number of nitrogens with one attached hydrogen (secondary N) is 1. The molecule has 2 nitrogen and oxygen atoms in total. The van der Waals surface area contributed by atoms with E-state index in [0.717, 1.165) is 36.2 Å². The number of benzene rings is 2. The minimum Gasteiger partial charge on any atom is -0.384 e. The largest absolute Gasteiger partial charge is 0.384 e. The number of hydrogen-bond donors (Lipinski definition) is 1. The number of fused-ring (bicyclic) bond motifs is 2. The number of likely N-dealkylation sites (tertiary alicyclic amines) is 1. The monoisotopic (exact) mass is 372 g/mol. The van der Waals surface area contributed by atoms with Crippen LogP contribution in [0.2, 0.25) is 10.0 Å². The average molecular weight is 373 g/mol. The van der Waals surface area contributed by atoms with Gasteiger partial charge in [0.25, 0.3) is 0 Å². The molecule has 0 bridgehead atoms. The highest BCUT2D eigenvalue weighted by Crippen LogP contribution is 2.44. The van der Waals surface area contributed by atoms with Gasteiger partial charge < -0.3 is 5.32 Å². The number of nitrogens with zero attached hydrogens (tertiary/aromatic N) is 1. The van der Waals surface area contributed by atoms with Crippen LogP contribution in [0.25, 0.3) is 6.08 Å². The van der Waals surface area contributed by atoms with Gasteiger partial charge in [0.1, 0.15) is 0 Å². The van der Waals surface area contributed by atoms with Gasteiger partial charge in [-0.05, 0) is 67.4 Å². The van der Waals surface area contributed by atoms with Crippen molar-refractivity contribution in [2.24, 2.45) is 0 Å². The van der Waals surface area contributed by atoms with Crippen LogP contribution in [-0.2, 0) is 5.41 Å². The van der Waals surface area contributed by atoms with E-state index >= 15 is 0 Å². The molecular weight excluding hydrogens is 351 g/mol. The number of hydrogen-bond acceptors (Lipinski definition) is 2. The van der Waals surface area contributed by atoms with Crippen LogP contribution in [0, 0.1) is 0 Å². The topological polar surface area (TPSA) is 15.3 Å². The molecule has 0 aliphatic carbocycles. The first-order chi connectivity index (χ1) is 12.1. The summed E-state index contributed by atoms with van der Waals surface area (Å²) in [5, 5.41) is 5.19. The maximum Gasteiger partial charge on any atom is 0.0410 e. The van der Waals surface area contributed by atoms with Crippen molar-refractivity contribution in [2.75, 3.05) is 31.5 Å². The van der Waals surface area contributed by atoms with Crippen LogP contribution < -0.4 is 5.32 Å². The van der Waals surface area contributed by atoms with Gasteiger partial charge in [-0.15, -0.1) is 0 Å². The molecular formula is C21H22Cl2N2. The predicted molar refractivity (Wildman–Crippen MR) is 108 cm³/mol. The average Bonchev–Trinajstić information content (AvgIpc) is 2.96. The van der Waals surface area contributed by atoms with Gasteiger partial charge in [0.05, 0.1) is 0 Å². The highest BCUT2D eigenvalue weighted by molar-refractivity contribution is 6.31. The Morgan fingerprint density at radius 1 is 1.00 bits per heavy atom. The van der Waals surface area contributed by atoms with E-state index < -0.39 is 0 Å². The normalized spacial score (nSPS) is 19.3. The third kappa shape index (κ3) is 3.57. The van der Waals surface area contributed by atoms with Gasteiger partial charge in [0, 0.05) is 34.2 Å². The van der Waals surface area contributed by atoms with Gasteiger partial charge in [-0.1, -0.05) is 47.5 Å². The first-order valence-electron chi connectivity index (χ1n) is 8.83. The molecule has 4 rings (SSSR count). The highest BCUT2D eigenvalue weighted by Gasteiger charge is 2.41. The van der Waals surface area contributed by atoms with Crippen molar-refractivity contribution < 1.29 is 0 Å². The summed E-state index contributed by atoms with van der Waals surface area (Å²) in [7, 11) is 0. The molecule has 2 aromatic rings. The quantitative estimate of drug-likeness (QED) is 0.768. The molecule has 0 unspecified atom stereocenters. The molecule has 0 atom stereocenters. The maximum absolute atomic E-state index is 6.24. The van der Waals surface area contributed by atoms with E-state index in [9.17, 15) is 0 Å². The molecule has 0 amide bonds. The summed E-state index contributed by atoms with van der Waals surface area (Å²) in [6, 6.07) is 14.2. The van der Waals surface area contributed by atoms with E-state index in [2.05, 4.69) is 46.6 Å². The summed E-state index contributed by atoms with van der Waals surface area (Å²) < 4.78 is 0. The van der Waals surface area contributed by atoms with Crippen molar-refractivity contribution in [3.8, 4) is 0 Å². The van der Waals surface area contributed by atoms with Crippen LogP contribution in [0.1, 0.15) is 24.0 Å². The Kier molecular flexibility index (Phi) is 4.77. The van der Waals surface area contributed by atoms with Crippen LogP contribution in [-0.4, -0.2) is 31.1 Å². The lowest BCUT2D eigenvalue weighted by Gasteiger charge is -2.39. The smallest absolute Gasteiger partial charge is 0.0410 e. The zero-order chi connectivity index (χ0) is 17.3. The summed E-state index contributed by atoms with van der Waals surface area (Å²) in [6.45, 7) is 4.28. The molecule has 130 valence electrons. The van der Waals surface area contributed by atoms with Crippen molar-refractivity contribution in [3.05, 3.63) is 69.7 Å². The first kappa shape index (κ1) is 17.0. The molecule has 0 radical (unpaired) electrons. The second-order valence-electron chi connectivity index (χ2n) is 7.08. The van der Waals surface area contributed by atoms with E-state index in [1.807, 2.05) is 18.2 Å². The van der Waals surface area contributed by atoms with Crippen molar-refractivity contribution in [3.63, 3.8) is 0 Å². The summed E-state index contributed by atoms with van der Waals surface area (Å²) in [4.78, 5) is 2.53. The van der Waals surface area contributed by atoms with Crippen molar-refractivity contribution in [2.45, 2.75) is 18.3 Å². The number of halogens is 2. The van der Waals surface area contributed by atoms with Crippen LogP contribution in [0.5, 0.6) is 0 Å². The van der Waals surface area contributed by atoms with Gasteiger partial charge >= 0.3 is 0 Å². The number of rotatable bonds is 3. The molecule has 25 heavy (non-hydrogen) atoms. The Bertz CT molecular complexity index is 775. The van der Waals surface area contributed by atoms with Gasteiger partial charge in [0.15, 0.2) is 0 Å². The fraction of sp³-hybridized carbons (Fsp3) is 0.333. The Balaban J connectivity index is 1.36. The highest BCUT2D eigenvalue weighted by atomic mass is 35.5. The van der Waals surface area contributed by atoms with Gasteiger partial charge in [-0.25, -0.2) is 0 Å². The van der Waals surface area contributed by atoms with Crippen molar-refractivity contribution in [1.29, 1.82) is 0 Å². The Hall–Kier alpha value is -1.48. The van der Waals surface area contributed by atoms with Crippen LogP contribution >= 0.6 is 23.2 Å². The third-order valence-electron chi connectivity index (χ3n) is 5.53. The molecule has 0 saturated carbocycles. The molecule has 1 N–H and O–H groups in total. The van der Waals surface area contributed by atoms with Gasteiger partial charge in [-0.3, -0.25) is 4.90 Å². The van der Waals surface area contributed by atoms with E-state index in [1.54, 1.807) is 0 Å². The minimum absolute atomic E-state index is 0.261. The third-order valence-corrected chi connectivity index (χ3v) is 6.01. The predicted octanol–water partition coefficient (Wildman–Crippen LogP) is 5.47. The molecule has 4 heteroatoms. The van der Waals surface area contributed by atoms with Gasteiger partial charge in [-0.2, -0.15) is 0 Å². The lowest BCUT2D eigenvalue weighted by Crippen LogP contribution is -2.43. The van der Waals surface area contributed by atoms with E-state index in [0.29, 0.717) is 0 Å². The summed E-state index contributed by atoms with van der Waals surface area (Å²) in [5.74, 6) is 0. The zero-order valence-corrected chi connectivity index (χ0v) is 15.7. The Labute approximate surface area is 159 Å². The second kappa shape index (κ2) is 7.03. The molecule has 2 aromatic carbocycles. The van der Waals surface area contributed by atoms with Gasteiger partial charge in [0.2, 0.25) is 0 Å². The molecule has 1 fully saturated rings. The van der Waals surface area contributed by atoms with E-state index in [-0.39, 0.29) is 5.41 Å². The van der Waals surface area contributed by atoms with Crippen LogP contribution in [0.3, 0.4) is 0 Å². The number of piperidine rings is 1.